The molecule has 33 heavy (non-hydrogen) atoms. The number of rotatable bonds is 7. The van der Waals surface area contributed by atoms with Gasteiger partial charge in [0.25, 0.3) is 11.8 Å². The van der Waals surface area contributed by atoms with Crippen molar-refractivity contribution in [2.24, 2.45) is 0 Å². The summed E-state index contributed by atoms with van der Waals surface area (Å²) in [5, 5.41) is 2.68. The van der Waals surface area contributed by atoms with E-state index >= 15 is 0 Å². The maximum absolute atomic E-state index is 12.5. The van der Waals surface area contributed by atoms with Crippen LogP contribution in [0.25, 0.3) is 5.70 Å². The first kappa shape index (κ1) is 21.8. The van der Waals surface area contributed by atoms with E-state index in [9.17, 15) is 14.4 Å². The topological polar surface area (TPSA) is 84.9 Å². The van der Waals surface area contributed by atoms with E-state index in [-0.39, 0.29) is 12.5 Å². The molecule has 0 atom stereocenters. The third kappa shape index (κ3) is 4.93. The lowest BCUT2D eigenvalue weighted by atomic mass is 10.1. The second-order valence-electron chi connectivity index (χ2n) is 7.50. The van der Waals surface area contributed by atoms with Crippen LogP contribution in [0.1, 0.15) is 21.5 Å². The Morgan fingerprint density at radius 3 is 2.33 bits per heavy atom. The van der Waals surface area contributed by atoms with Crippen LogP contribution in [0.2, 0.25) is 0 Å². The molecule has 0 saturated heterocycles. The van der Waals surface area contributed by atoms with Crippen LogP contribution in [0, 0.1) is 6.92 Å². The summed E-state index contributed by atoms with van der Waals surface area (Å²) in [6.45, 7) is 5.04. The van der Waals surface area contributed by atoms with Crippen molar-refractivity contribution in [2.45, 2.75) is 6.92 Å². The number of ether oxygens (including phenoxy) is 2. The Bertz CT molecular complexity index is 1200. The van der Waals surface area contributed by atoms with Crippen molar-refractivity contribution in [3.8, 4) is 11.5 Å². The van der Waals surface area contributed by atoms with Gasteiger partial charge in [-0.1, -0.05) is 54.6 Å². The lowest BCUT2D eigenvalue weighted by molar-refractivity contribution is -0.147. The number of esters is 1. The number of hydrogen-bond acceptors (Lipinski definition) is 5. The van der Waals surface area contributed by atoms with Crippen molar-refractivity contribution in [1.82, 2.24) is 4.90 Å². The first-order valence-electron chi connectivity index (χ1n) is 10.3. The molecule has 0 bridgehead atoms. The zero-order chi connectivity index (χ0) is 23.4. The van der Waals surface area contributed by atoms with Crippen LogP contribution in [0.5, 0.6) is 11.5 Å². The van der Waals surface area contributed by atoms with E-state index in [4.69, 9.17) is 9.47 Å². The molecule has 0 aromatic heterocycles. The van der Waals surface area contributed by atoms with E-state index in [0.29, 0.717) is 34.0 Å². The predicted molar refractivity (Wildman–Crippen MR) is 124 cm³/mol. The highest BCUT2D eigenvalue weighted by Crippen LogP contribution is 2.31. The van der Waals surface area contributed by atoms with Gasteiger partial charge in [-0.25, -0.2) is 0 Å². The zero-order valence-electron chi connectivity index (χ0n) is 18.0. The van der Waals surface area contributed by atoms with Crippen LogP contribution in [-0.2, 0) is 14.3 Å². The number of hydrogen-bond donors (Lipinski definition) is 1. The Labute approximate surface area is 191 Å². The second-order valence-corrected chi connectivity index (χ2v) is 7.50. The predicted octanol–water partition coefficient (Wildman–Crippen LogP) is 4.40. The molecule has 0 saturated carbocycles. The SMILES string of the molecule is C=C1c2ccccc2C(=O)N1CC(=O)OCC(=O)Nc1ccccc1Oc1ccc(C)cc1. The number of nitrogens with one attached hydrogen (secondary N) is 1. The fourth-order valence-electron chi connectivity index (χ4n) is 3.40. The molecule has 166 valence electrons. The highest BCUT2D eigenvalue weighted by molar-refractivity contribution is 6.10. The van der Waals surface area contributed by atoms with Crippen molar-refractivity contribution in [1.29, 1.82) is 0 Å². The number of carbonyl (C=O) groups excluding carboxylic acids is 3. The molecule has 1 aliphatic rings. The molecule has 0 radical (unpaired) electrons. The molecule has 3 aromatic rings. The fraction of sp³-hybridized carbons (Fsp3) is 0.115. The van der Waals surface area contributed by atoms with Crippen molar-refractivity contribution >= 4 is 29.2 Å². The zero-order valence-corrected chi connectivity index (χ0v) is 18.0. The van der Waals surface area contributed by atoms with Crippen molar-refractivity contribution in [2.75, 3.05) is 18.5 Å². The van der Waals surface area contributed by atoms with Gasteiger partial charge in [0.1, 0.15) is 12.3 Å². The number of aryl methyl sites for hydroxylation is 1. The number of carbonyl (C=O) groups is 3. The van der Waals surface area contributed by atoms with Crippen LogP contribution in [-0.4, -0.2) is 35.8 Å². The standard InChI is InChI=1S/C26H22N2O5/c1-17-11-13-19(14-12-17)33-23-10-6-5-9-22(23)27-24(29)16-32-25(30)15-28-18(2)20-7-3-4-8-21(20)26(28)31/h3-14H,2,15-16H2,1H3,(H,27,29). The molecule has 3 aromatic carbocycles. The maximum atomic E-state index is 12.5. The molecule has 2 amide bonds. The van der Waals surface area contributed by atoms with Crippen molar-refractivity contribution in [3.05, 3.63) is 96.1 Å². The van der Waals surface area contributed by atoms with Crippen LogP contribution >= 0.6 is 0 Å². The van der Waals surface area contributed by atoms with Crippen LogP contribution in [0.4, 0.5) is 5.69 Å². The van der Waals surface area contributed by atoms with Gasteiger partial charge in [-0.2, -0.15) is 0 Å². The fourth-order valence-corrected chi connectivity index (χ4v) is 3.40. The number of nitrogens with zero attached hydrogens (tertiary/aromatic N) is 1. The number of anilines is 1. The second kappa shape index (κ2) is 9.40. The van der Waals surface area contributed by atoms with Crippen LogP contribution < -0.4 is 10.1 Å². The Hall–Kier alpha value is -4.39. The minimum absolute atomic E-state index is 0.320. The number of amides is 2. The van der Waals surface area contributed by atoms with Crippen LogP contribution in [0.15, 0.2) is 79.4 Å². The van der Waals surface area contributed by atoms with Gasteiger partial charge in [0, 0.05) is 16.8 Å². The Morgan fingerprint density at radius 1 is 0.939 bits per heavy atom. The first-order valence-corrected chi connectivity index (χ1v) is 10.3. The lowest BCUT2D eigenvalue weighted by Gasteiger charge is -2.16. The van der Waals surface area contributed by atoms with Gasteiger partial charge in [0.15, 0.2) is 12.4 Å². The summed E-state index contributed by atoms with van der Waals surface area (Å²) in [4.78, 5) is 38.4. The molecule has 0 unspecified atom stereocenters. The monoisotopic (exact) mass is 442 g/mol. The first-order chi connectivity index (χ1) is 15.9. The van der Waals surface area contributed by atoms with E-state index in [1.54, 1.807) is 48.5 Å². The number of fused-ring (bicyclic) bond motifs is 1. The van der Waals surface area contributed by atoms with Gasteiger partial charge in [-0.05, 0) is 37.3 Å². The summed E-state index contributed by atoms with van der Waals surface area (Å²) < 4.78 is 10.9. The van der Waals surface area contributed by atoms with Gasteiger partial charge in [-0.3, -0.25) is 19.3 Å². The summed E-state index contributed by atoms with van der Waals surface area (Å²) in [5.41, 5.74) is 3.14. The van der Waals surface area contributed by atoms with E-state index in [1.165, 1.54) is 4.90 Å². The number of benzene rings is 3. The van der Waals surface area contributed by atoms with Crippen LogP contribution in [0.3, 0.4) is 0 Å². The minimum Gasteiger partial charge on any atom is -0.455 e. The summed E-state index contributed by atoms with van der Waals surface area (Å²) in [7, 11) is 0. The van der Waals surface area contributed by atoms with Gasteiger partial charge in [0.05, 0.1) is 5.69 Å². The highest BCUT2D eigenvalue weighted by atomic mass is 16.5. The largest absolute Gasteiger partial charge is 0.455 e. The third-order valence-electron chi connectivity index (χ3n) is 5.10. The van der Waals surface area contributed by atoms with Gasteiger partial charge < -0.3 is 14.8 Å². The van der Waals surface area contributed by atoms with Gasteiger partial charge in [-0.15, -0.1) is 0 Å². The van der Waals surface area contributed by atoms with E-state index in [1.807, 2.05) is 31.2 Å². The minimum atomic E-state index is -0.711. The molecule has 0 spiro atoms. The molecule has 1 aliphatic heterocycles. The number of para-hydroxylation sites is 2. The summed E-state index contributed by atoms with van der Waals surface area (Å²) in [6.07, 6.45) is 0. The lowest BCUT2D eigenvalue weighted by Crippen LogP contribution is -2.32. The summed E-state index contributed by atoms with van der Waals surface area (Å²) in [5.74, 6) is -0.475. The van der Waals surface area contributed by atoms with Gasteiger partial charge in [0.2, 0.25) is 0 Å². The van der Waals surface area contributed by atoms with E-state index in [0.717, 1.165) is 5.56 Å². The maximum Gasteiger partial charge on any atom is 0.326 e. The molecule has 1 heterocycles. The van der Waals surface area contributed by atoms with E-state index in [2.05, 4.69) is 11.9 Å². The molecule has 1 N–H and O–H groups in total. The highest BCUT2D eigenvalue weighted by Gasteiger charge is 2.32. The van der Waals surface area contributed by atoms with Crippen molar-refractivity contribution in [3.63, 3.8) is 0 Å². The molecular weight excluding hydrogens is 420 g/mol. The van der Waals surface area contributed by atoms with E-state index < -0.39 is 18.5 Å². The molecular formula is C26H22N2O5. The Balaban J connectivity index is 1.32. The third-order valence-corrected chi connectivity index (χ3v) is 5.10. The van der Waals surface area contributed by atoms with Crippen molar-refractivity contribution < 1.29 is 23.9 Å². The summed E-state index contributed by atoms with van der Waals surface area (Å²) in [6, 6.07) is 21.5. The normalized spacial score (nSPS) is 12.3. The molecule has 0 aliphatic carbocycles. The average Bonchev–Trinajstić information content (AvgIpc) is 3.05. The summed E-state index contributed by atoms with van der Waals surface area (Å²) >= 11 is 0. The molecule has 0 fully saturated rings. The Kier molecular flexibility index (Phi) is 6.22. The average molecular weight is 442 g/mol. The molecule has 4 rings (SSSR count). The molecule has 7 nitrogen and oxygen atoms in total. The van der Waals surface area contributed by atoms with Gasteiger partial charge >= 0.3 is 5.97 Å². The molecule has 7 heteroatoms. The Morgan fingerprint density at radius 2 is 1.61 bits per heavy atom. The smallest absolute Gasteiger partial charge is 0.326 e. The quantitative estimate of drug-likeness (QED) is 0.549.